The number of nitrogens with zero attached hydrogens (tertiary/aromatic N) is 2. The van der Waals surface area contributed by atoms with Gasteiger partial charge in [0, 0.05) is 31.6 Å². The minimum absolute atomic E-state index is 0.616. The molecule has 0 amide bonds. The summed E-state index contributed by atoms with van der Waals surface area (Å²) in [5.74, 6) is 0. The Bertz CT molecular complexity index is 373. The van der Waals surface area contributed by atoms with Crippen LogP contribution >= 0.6 is 11.3 Å². The van der Waals surface area contributed by atoms with Crippen LogP contribution < -0.4 is 10.2 Å². The highest BCUT2D eigenvalue weighted by Gasteiger charge is 2.17. The average molecular weight is 283 g/mol. The average Bonchev–Trinajstić information content (AvgIpc) is 2.65. The predicted molar refractivity (Wildman–Crippen MR) is 80.9 cm³/mol. The van der Waals surface area contributed by atoms with Crippen LogP contribution in [0.4, 0.5) is 5.13 Å². The molecule has 0 aliphatic carbocycles. The van der Waals surface area contributed by atoms with Crippen molar-refractivity contribution in [2.24, 2.45) is 0 Å². The zero-order valence-corrected chi connectivity index (χ0v) is 12.9. The second-order valence-corrected chi connectivity index (χ2v) is 6.04. The number of hydrogen-bond donors (Lipinski definition) is 1. The molecule has 2 heterocycles. The molecule has 0 saturated carbocycles. The molecule has 1 N–H and O–H groups in total. The van der Waals surface area contributed by atoms with E-state index >= 15 is 0 Å². The summed E-state index contributed by atoms with van der Waals surface area (Å²) in [6, 6.07) is 0. The topological polar surface area (TPSA) is 37.4 Å². The third-order valence-corrected chi connectivity index (χ3v) is 4.62. The quantitative estimate of drug-likeness (QED) is 0.871. The van der Waals surface area contributed by atoms with Gasteiger partial charge in [0.1, 0.15) is 0 Å². The summed E-state index contributed by atoms with van der Waals surface area (Å²) in [6.07, 6.45) is 5.30. The molecular formula is C14H25N3OS. The van der Waals surface area contributed by atoms with Gasteiger partial charge in [-0.25, -0.2) is 4.98 Å². The molecule has 1 aliphatic heterocycles. The lowest BCUT2D eigenvalue weighted by molar-refractivity contribution is 0.181. The van der Waals surface area contributed by atoms with Crippen molar-refractivity contribution in [3.8, 4) is 0 Å². The molecule has 0 radical (unpaired) electrons. The Labute approximate surface area is 120 Å². The van der Waals surface area contributed by atoms with E-state index in [1.807, 2.05) is 11.3 Å². The maximum Gasteiger partial charge on any atom is 0.185 e. The van der Waals surface area contributed by atoms with Gasteiger partial charge in [0.25, 0.3) is 0 Å². The summed E-state index contributed by atoms with van der Waals surface area (Å²) in [6.45, 7) is 6.95. The third-order valence-electron chi connectivity index (χ3n) is 3.46. The van der Waals surface area contributed by atoms with E-state index in [2.05, 4.69) is 17.1 Å². The summed E-state index contributed by atoms with van der Waals surface area (Å²) < 4.78 is 5.27. The zero-order chi connectivity index (χ0) is 13.5. The molecular weight excluding hydrogens is 258 g/mol. The van der Waals surface area contributed by atoms with Crippen LogP contribution in [-0.2, 0) is 17.9 Å². The molecule has 1 aliphatic rings. The van der Waals surface area contributed by atoms with E-state index in [4.69, 9.17) is 9.72 Å². The van der Waals surface area contributed by atoms with E-state index in [1.54, 1.807) is 7.11 Å². The first-order valence-corrected chi connectivity index (χ1v) is 8.10. The van der Waals surface area contributed by atoms with E-state index in [1.165, 1.54) is 35.7 Å². The van der Waals surface area contributed by atoms with Gasteiger partial charge in [-0.2, -0.15) is 0 Å². The lowest BCUT2D eigenvalue weighted by atomic mass is 10.2. The van der Waals surface area contributed by atoms with Crippen molar-refractivity contribution in [1.29, 1.82) is 0 Å². The predicted octanol–water partition coefficient (Wildman–Crippen LogP) is 2.78. The maximum atomic E-state index is 5.27. The summed E-state index contributed by atoms with van der Waals surface area (Å²) >= 11 is 1.83. The molecule has 0 aromatic carbocycles. The number of ether oxygens (including phenoxy) is 1. The van der Waals surface area contributed by atoms with Crippen LogP contribution in [0.25, 0.3) is 0 Å². The monoisotopic (exact) mass is 283 g/mol. The number of nitrogens with one attached hydrogen (secondary N) is 1. The van der Waals surface area contributed by atoms with Gasteiger partial charge in [-0.3, -0.25) is 0 Å². The SMILES string of the molecule is CCNCc1sc(N2CCCCCC2)nc1COC. The smallest absolute Gasteiger partial charge is 0.185 e. The zero-order valence-electron chi connectivity index (χ0n) is 12.1. The number of methoxy groups -OCH3 is 1. The Morgan fingerprint density at radius 1 is 1.26 bits per heavy atom. The molecule has 0 atom stereocenters. The van der Waals surface area contributed by atoms with Crippen molar-refractivity contribution >= 4 is 16.5 Å². The second kappa shape index (κ2) is 7.82. The molecule has 0 bridgehead atoms. The molecule has 108 valence electrons. The second-order valence-electron chi connectivity index (χ2n) is 4.98. The van der Waals surface area contributed by atoms with Crippen LogP contribution in [0.15, 0.2) is 0 Å². The highest BCUT2D eigenvalue weighted by Crippen LogP contribution is 2.28. The van der Waals surface area contributed by atoms with Crippen molar-refractivity contribution in [1.82, 2.24) is 10.3 Å². The highest BCUT2D eigenvalue weighted by atomic mass is 32.1. The van der Waals surface area contributed by atoms with Crippen molar-refractivity contribution < 1.29 is 4.74 Å². The van der Waals surface area contributed by atoms with Gasteiger partial charge >= 0.3 is 0 Å². The molecule has 5 heteroatoms. The highest BCUT2D eigenvalue weighted by molar-refractivity contribution is 7.15. The number of aromatic nitrogens is 1. The molecule has 1 aromatic heterocycles. The van der Waals surface area contributed by atoms with Gasteiger partial charge in [-0.15, -0.1) is 11.3 Å². The van der Waals surface area contributed by atoms with E-state index in [-0.39, 0.29) is 0 Å². The third kappa shape index (κ3) is 4.16. The van der Waals surface area contributed by atoms with Crippen LogP contribution in [0, 0.1) is 0 Å². The summed E-state index contributed by atoms with van der Waals surface area (Å²) in [5, 5.41) is 4.57. The Morgan fingerprint density at radius 3 is 2.63 bits per heavy atom. The van der Waals surface area contributed by atoms with Gasteiger partial charge in [0.2, 0.25) is 0 Å². The molecule has 4 nitrogen and oxygen atoms in total. The molecule has 19 heavy (non-hydrogen) atoms. The van der Waals surface area contributed by atoms with Crippen LogP contribution in [0.2, 0.25) is 0 Å². The van der Waals surface area contributed by atoms with Crippen molar-refractivity contribution in [3.63, 3.8) is 0 Å². The number of hydrogen-bond acceptors (Lipinski definition) is 5. The molecule has 0 spiro atoms. The van der Waals surface area contributed by atoms with Crippen LogP contribution in [0.3, 0.4) is 0 Å². The minimum Gasteiger partial charge on any atom is -0.378 e. The van der Waals surface area contributed by atoms with E-state index in [0.717, 1.165) is 31.9 Å². The summed E-state index contributed by atoms with van der Waals surface area (Å²) in [7, 11) is 1.74. The lowest BCUT2D eigenvalue weighted by Crippen LogP contribution is -2.23. The first-order valence-electron chi connectivity index (χ1n) is 7.28. The maximum absolute atomic E-state index is 5.27. The Morgan fingerprint density at radius 2 is 2.00 bits per heavy atom. The first-order chi connectivity index (χ1) is 9.35. The van der Waals surface area contributed by atoms with Gasteiger partial charge < -0.3 is 15.0 Å². The normalized spacial score (nSPS) is 16.6. The number of rotatable bonds is 6. The number of thiazole rings is 1. The molecule has 1 saturated heterocycles. The Balaban J connectivity index is 2.10. The van der Waals surface area contributed by atoms with Crippen LogP contribution in [-0.4, -0.2) is 31.7 Å². The molecule has 0 unspecified atom stereocenters. The summed E-state index contributed by atoms with van der Waals surface area (Å²) in [5.41, 5.74) is 1.10. The Hall–Kier alpha value is -0.650. The first kappa shape index (κ1) is 14.8. The van der Waals surface area contributed by atoms with Crippen molar-refractivity contribution in [3.05, 3.63) is 10.6 Å². The Kier molecular flexibility index (Phi) is 6.07. The minimum atomic E-state index is 0.616. The molecule has 1 fully saturated rings. The van der Waals surface area contributed by atoms with Gasteiger partial charge in [0.05, 0.1) is 12.3 Å². The fraction of sp³-hybridized carbons (Fsp3) is 0.786. The van der Waals surface area contributed by atoms with E-state index < -0.39 is 0 Å². The van der Waals surface area contributed by atoms with Crippen LogP contribution in [0.1, 0.15) is 43.2 Å². The number of anilines is 1. The molecule has 1 aromatic rings. The van der Waals surface area contributed by atoms with Gasteiger partial charge in [-0.05, 0) is 19.4 Å². The lowest BCUT2D eigenvalue weighted by Gasteiger charge is -2.18. The fourth-order valence-corrected chi connectivity index (χ4v) is 3.48. The summed E-state index contributed by atoms with van der Waals surface area (Å²) in [4.78, 5) is 8.57. The van der Waals surface area contributed by atoms with Crippen LogP contribution in [0.5, 0.6) is 0 Å². The largest absolute Gasteiger partial charge is 0.378 e. The van der Waals surface area contributed by atoms with E-state index in [0.29, 0.717) is 6.61 Å². The van der Waals surface area contributed by atoms with Gasteiger partial charge in [-0.1, -0.05) is 19.8 Å². The standard InChI is InChI=1S/C14H25N3OS/c1-3-15-10-13-12(11-18-2)16-14(19-13)17-8-6-4-5-7-9-17/h15H,3-11H2,1-2H3. The molecule has 2 rings (SSSR count). The van der Waals surface area contributed by atoms with Crippen molar-refractivity contribution in [2.75, 3.05) is 31.6 Å². The fourth-order valence-electron chi connectivity index (χ4n) is 2.39. The van der Waals surface area contributed by atoms with Crippen molar-refractivity contribution in [2.45, 2.75) is 45.8 Å². The van der Waals surface area contributed by atoms with E-state index in [9.17, 15) is 0 Å². The van der Waals surface area contributed by atoms with Gasteiger partial charge in [0.15, 0.2) is 5.13 Å².